The molecule has 0 amide bonds. The summed E-state index contributed by atoms with van der Waals surface area (Å²) in [5.74, 6) is -0.170. The Morgan fingerprint density at radius 3 is 2.58 bits per heavy atom. The first kappa shape index (κ1) is 14.0. The first-order chi connectivity index (χ1) is 8.79. The second-order valence-electron chi connectivity index (χ2n) is 3.97. The van der Waals surface area contributed by atoms with Crippen molar-refractivity contribution in [2.24, 2.45) is 7.05 Å². The number of benzene rings is 1. The number of rotatable bonds is 3. The van der Waals surface area contributed by atoms with E-state index in [-0.39, 0.29) is 9.37 Å². The largest absolute Gasteiger partial charge is 0.264 e. The van der Waals surface area contributed by atoms with Crippen molar-refractivity contribution in [3.63, 3.8) is 0 Å². The molecule has 102 valence electrons. The lowest BCUT2D eigenvalue weighted by Gasteiger charge is -2.09. The molecule has 0 saturated carbocycles. The summed E-state index contributed by atoms with van der Waals surface area (Å²) in [5.41, 5.74) is 0.693. The number of hydrogen-bond acceptors (Lipinski definition) is 3. The Hall–Kier alpha value is -1.41. The van der Waals surface area contributed by atoms with E-state index in [1.54, 1.807) is 20.0 Å². The van der Waals surface area contributed by atoms with E-state index < -0.39 is 15.8 Å². The summed E-state index contributed by atoms with van der Waals surface area (Å²) in [5, 5.41) is 4.04. The van der Waals surface area contributed by atoms with Crippen LogP contribution in [0.5, 0.6) is 0 Å². The summed E-state index contributed by atoms with van der Waals surface area (Å²) in [6.45, 7) is 1.76. The van der Waals surface area contributed by atoms with E-state index in [9.17, 15) is 12.8 Å². The molecular formula is C11H11BrFN3O2S. The zero-order valence-corrected chi connectivity index (χ0v) is 12.6. The molecule has 19 heavy (non-hydrogen) atoms. The van der Waals surface area contributed by atoms with Gasteiger partial charge >= 0.3 is 0 Å². The first-order valence-corrected chi connectivity index (χ1v) is 7.56. The molecule has 0 aliphatic rings. The quantitative estimate of drug-likeness (QED) is 0.927. The lowest BCUT2D eigenvalue weighted by molar-refractivity contribution is 0.598. The SMILES string of the molecule is Cc1cc(NS(=O)(=O)c2ccc(F)cc2Br)n(C)n1. The summed E-state index contributed by atoms with van der Waals surface area (Å²) < 4.78 is 41.3. The van der Waals surface area contributed by atoms with Gasteiger partial charge < -0.3 is 0 Å². The molecular weight excluding hydrogens is 337 g/mol. The van der Waals surface area contributed by atoms with Crippen LogP contribution in [0.4, 0.5) is 10.2 Å². The lowest BCUT2D eigenvalue weighted by atomic mass is 10.3. The van der Waals surface area contributed by atoms with Crippen molar-refractivity contribution >= 4 is 31.8 Å². The maximum atomic E-state index is 13.0. The van der Waals surface area contributed by atoms with Crippen LogP contribution in [-0.4, -0.2) is 18.2 Å². The van der Waals surface area contributed by atoms with Gasteiger partial charge in [0.1, 0.15) is 16.5 Å². The molecule has 5 nitrogen and oxygen atoms in total. The summed E-state index contributed by atoms with van der Waals surface area (Å²) in [7, 11) is -2.16. The average Bonchev–Trinajstić information content (AvgIpc) is 2.55. The molecule has 2 aromatic rings. The van der Waals surface area contributed by atoms with Crippen LogP contribution in [0.1, 0.15) is 5.69 Å². The number of sulfonamides is 1. The topological polar surface area (TPSA) is 64.0 Å². The predicted octanol–water partition coefficient (Wildman–Crippen LogP) is 2.43. The van der Waals surface area contributed by atoms with E-state index in [2.05, 4.69) is 25.8 Å². The molecule has 1 heterocycles. The monoisotopic (exact) mass is 347 g/mol. The number of aryl methyl sites for hydroxylation is 2. The molecule has 0 fully saturated rings. The highest BCUT2D eigenvalue weighted by Crippen LogP contribution is 2.25. The second-order valence-corrected chi connectivity index (χ2v) is 6.48. The van der Waals surface area contributed by atoms with E-state index in [4.69, 9.17) is 0 Å². The molecule has 1 N–H and O–H groups in total. The van der Waals surface area contributed by atoms with Gasteiger partial charge in [0.25, 0.3) is 10.0 Å². The van der Waals surface area contributed by atoms with Gasteiger partial charge in [0, 0.05) is 17.6 Å². The van der Waals surface area contributed by atoms with Crippen LogP contribution in [-0.2, 0) is 17.1 Å². The molecule has 8 heteroatoms. The van der Waals surface area contributed by atoms with Gasteiger partial charge in [0.15, 0.2) is 0 Å². The van der Waals surface area contributed by atoms with Gasteiger partial charge in [-0.2, -0.15) is 5.10 Å². The van der Waals surface area contributed by atoms with E-state index in [1.165, 1.54) is 10.7 Å². The lowest BCUT2D eigenvalue weighted by Crippen LogP contribution is -2.16. The van der Waals surface area contributed by atoms with Crippen molar-refractivity contribution in [2.45, 2.75) is 11.8 Å². The van der Waals surface area contributed by atoms with Crippen molar-refractivity contribution in [1.29, 1.82) is 0 Å². The normalized spacial score (nSPS) is 11.6. The third kappa shape index (κ3) is 2.95. The summed E-state index contributed by atoms with van der Waals surface area (Å²) in [6.07, 6.45) is 0. The fraction of sp³-hybridized carbons (Fsp3) is 0.182. The third-order valence-corrected chi connectivity index (χ3v) is 4.76. The van der Waals surface area contributed by atoms with Gasteiger partial charge in [-0.05, 0) is 41.1 Å². The third-order valence-electron chi connectivity index (χ3n) is 2.42. The van der Waals surface area contributed by atoms with Gasteiger partial charge in [-0.1, -0.05) is 0 Å². The molecule has 0 spiro atoms. The van der Waals surface area contributed by atoms with Crippen molar-refractivity contribution in [3.05, 3.63) is 40.2 Å². The minimum absolute atomic E-state index is 0.0345. The fourth-order valence-corrected chi connectivity index (χ4v) is 3.72. The minimum Gasteiger partial charge on any atom is -0.264 e. The van der Waals surface area contributed by atoms with Crippen molar-refractivity contribution in [1.82, 2.24) is 9.78 Å². The van der Waals surface area contributed by atoms with E-state index in [1.807, 2.05) is 0 Å². The van der Waals surface area contributed by atoms with Gasteiger partial charge in [0.05, 0.1) is 5.69 Å². The van der Waals surface area contributed by atoms with Crippen LogP contribution >= 0.6 is 15.9 Å². The number of aromatic nitrogens is 2. The van der Waals surface area contributed by atoms with Gasteiger partial charge in [-0.15, -0.1) is 0 Å². The molecule has 0 atom stereocenters. The van der Waals surface area contributed by atoms with Crippen LogP contribution in [0.15, 0.2) is 33.6 Å². The molecule has 0 radical (unpaired) electrons. The van der Waals surface area contributed by atoms with E-state index in [0.29, 0.717) is 11.5 Å². The first-order valence-electron chi connectivity index (χ1n) is 5.28. The van der Waals surface area contributed by atoms with Crippen molar-refractivity contribution in [3.8, 4) is 0 Å². The summed E-state index contributed by atoms with van der Waals surface area (Å²) in [6, 6.07) is 5.00. The molecule has 1 aromatic carbocycles. The Morgan fingerprint density at radius 1 is 1.37 bits per heavy atom. The molecule has 2 rings (SSSR count). The molecule has 0 saturated heterocycles. The Bertz CT molecular complexity index is 728. The summed E-state index contributed by atoms with van der Waals surface area (Å²) >= 11 is 3.04. The molecule has 1 aromatic heterocycles. The Labute approximate surface area is 118 Å². The number of hydrogen-bond donors (Lipinski definition) is 1. The Kier molecular flexibility index (Phi) is 3.64. The number of nitrogens with one attached hydrogen (secondary N) is 1. The highest BCUT2D eigenvalue weighted by Gasteiger charge is 2.19. The van der Waals surface area contributed by atoms with Crippen LogP contribution in [0.25, 0.3) is 0 Å². The van der Waals surface area contributed by atoms with Gasteiger partial charge in [-0.3, -0.25) is 9.40 Å². The smallest absolute Gasteiger partial charge is 0.264 e. The average molecular weight is 348 g/mol. The summed E-state index contributed by atoms with van der Waals surface area (Å²) in [4.78, 5) is -0.0345. The second kappa shape index (κ2) is 4.93. The minimum atomic E-state index is -3.79. The van der Waals surface area contributed by atoms with Gasteiger partial charge in [-0.25, -0.2) is 12.8 Å². The van der Waals surface area contributed by atoms with E-state index in [0.717, 1.165) is 12.1 Å². The Morgan fingerprint density at radius 2 is 2.05 bits per heavy atom. The zero-order chi connectivity index (χ0) is 14.2. The molecule has 0 aliphatic carbocycles. The number of nitrogens with zero attached hydrogens (tertiary/aromatic N) is 2. The van der Waals surface area contributed by atoms with Gasteiger partial charge in [0.2, 0.25) is 0 Å². The fourth-order valence-electron chi connectivity index (χ4n) is 1.59. The molecule has 0 unspecified atom stereocenters. The maximum Gasteiger partial charge on any atom is 0.264 e. The predicted molar refractivity (Wildman–Crippen MR) is 72.9 cm³/mol. The molecule has 0 aliphatic heterocycles. The number of halogens is 2. The van der Waals surface area contributed by atoms with Crippen LogP contribution in [0, 0.1) is 12.7 Å². The zero-order valence-electron chi connectivity index (χ0n) is 10.2. The van der Waals surface area contributed by atoms with Crippen LogP contribution < -0.4 is 4.72 Å². The van der Waals surface area contributed by atoms with Crippen molar-refractivity contribution in [2.75, 3.05) is 4.72 Å². The van der Waals surface area contributed by atoms with Crippen LogP contribution in [0.3, 0.4) is 0 Å². The highest BCUT2D eigenvalue weighted by atomic mass is 79.9. The maximum absolute atomic E-state index is 13.0. The van der Waals surface area contributed by atoms with E-state index >= 15 is 0 Å². The Balaban J connectivity index is 2.40. The van der Waals surface area contributed by atoms with Crippen LogP contribution in [0.2, 0.25) is 0 Å². The van der Waals surface area contributed by atoms with Crippen molar-refractivity contribution < 1.29 is 12.8 Å². The highest BCUT2D eigenvalue weighted by molar-refractivity contribution is 9.10. The number of anilines is 1. The standard InChI is InChI=1S/C11H11BrFN3O2S/c1-7-5-11(16(2)14-7)15-19(17,18)10-4-3-8(13)6-9(10)12/h3-6,15H,1-2H3. The molecule has 0 bridgehead atoms.